The molecular weight excluding hydrogens is 875 g/mol. The molecule has 1 aliphatic carbocycles. The first-order valence-electron chi connectivity index (χ1n) is 22.5. The molecule has 3 fully saturated rings. The molecule has 360 valence electrons. The van der Waals surface area contributed by atoms with Crippen LogP contribution >= 0.6 is 0 Å². The smallest absolute Gasteiger partial charge is 0.344 e. The van der Waals surface area contributed by atoms with Crippen molar-refractivity contribution < 1.29 is 67.0 Å². The summed E-state index contributed by atoms with van der Waals surface area (Å²) in [4.78, 5) is 71.6. The first-order valence-corrected chi connectivity index (χ1v) is 22.5. The summed E-state index contributed by atoms with van der Waals surface area (Å²) in [6, 6.07) is 10.3. The zero-order valence-corrected chi connectivity index (χ0v) is 38.6. The zero-order valence-electron chi connectivity index (χ0n) is 38.6. The molecule has 1 unspecified atom stereocenters. The molecular formula is C49H58F2N4O12. The second-order valence-corrected chi connectivity index (χ2v) is 19.0. The van der Waals surface area contributed by atoms with Crippen molar-refractivity contribution in [3.05, 3.63) is 83.1 Å². The highest BCUT2D eigenvalue weighted by atomic mass is 19.3. The van der Waals surface area contributed by atoms with Crippen molar-refractivity contribution in [1.82, 2.24) is 14.8 Å². The highest BCUT2D eigenvalue weighted by Gasteiger charge is 2.80. The number of fused-ring (bicyclic) bond motifs is 6. The van der Waals surface area contributed by atoms with E-state index >= 15 is 13.6 Å². The van der Waals surface area contributed by atoms with E-state index in [1.165, 1.54) is 28.3 Å². The molecule has 9 rings (SSSR count). The molecule has 0 radical (unpaired) electrons. The number of hydrogen-bond acceptors (Lipinski definition) is 13. The summed E-state index contributed by atoms with van der Waals surface area (Å²) >= 11 is 0. The number of esters is 3. The molecule has 2 saturated heterocycles. The van der Waals surface area contributed by atoms with E-state index in [0.29, 0.717) is 73.9 Å². The Bertz CT molecular complexity index is 2560. The van der Waals surface area contributed by atoms with Crippen LogP contribution in [0.4, 0.5) is 14.5 Å². The number of piperidine rings is 1. The monoisotopic (exact) mass is 932 g/mol. The molecule has 1 spiro atoms. The van der Waals surface area contributed by atoms with Gasteiger partial charge in [-0.05, 0) is 68.3 Å². The first-order chi connectivity index (χ1) is 31.7. The lowest BCUT2D eigenvalue weighted by atomic mass is 9.47. The lowest BCUT2D eigenvalue weighted by molar-refractivity contribution is -0.228. The number of halogens is 2. The van der Waals surface area contributed by atoms with Gasteiger partial charge in [0.05, 0.1) is 27.4 Å². The Morgan fingerprint density at radius 1 is 0.970 bits per heavy atom. The highest BCUT2D eigenvalue weighted by molar-refractivity contribution is 5.95. The Morgan fingerprint density at radius 3 is 2.27 bits per heavy atom. The molecule has 3 aromatic rings. The number of aromatic nitrogens is 1. The number of aliphatic hydroxyl groups is 1. The highest BCUT2D eigenvalue weighted by Crippen LogP contribution is 2.68. The number of aromatic amines is 1. The van der Waals surface area contributed by atoms with E-state index in [1.54, 1.807) is 0 Å². The van der Waals surface area contributed by atoms with Crippen molar-refractivity contribution in [3.63, 3.8) is 0 Å². The van der Waals surface area contributed by atoms with Crippen molar-refractivity contribution >= 4 is 46.4 Å². The number of carboxylic acids is 2. The number of rotatable bonds is 9. The van der Waals surface area contributed by atoms with E-state index in [0.717, 1.165) is 29.0 Å². The largest absolute Gasteiger partial charge is 0.496 e. The number of likely N-dealkylation sites (N-methyl/N-ethyl adjacent to an activating group) is 1. The fraction of sp³-hybridized carbons (Fsp3) is 0.531. The minimum absolute atomic E-state index is 0.155. The van der Waals surface area contributed by atoms with Gasteiger partial charge in [0.1, 0.15) is 11.2 Å². The minimum Gasteiger partial charge on any atom is -0.496 e. The average Bonchev–Trinajstić information content (AvgIpc) is 3.94. The Hall–Kier alpha value is -5.85. The number of benzene rings is 2. The summed E-state index contributed by atoms with van der Waals surface area (Å²) in [6.07, 6.45) is 5.15. The Labute approximate surface area is 386 Å². The van der Waals surface area contributed by atoms with Crippen LogP contribution in [0, 0.1) is 17.3 Å². The number of anilines is 1. The van der Waals surface area contributed by atoms with Gasteiger partial charge in [0.25, 0.3) is 0 Å². The van der Waals surface area contributed by atoms with Gasteiger partial charge in [-0.25, -0.2) is 23.2 Å². The van der Waals surface area contributed by atoms with Gasteiger partial charge in [-0.2, -0.15) is 0 Å². The summed E-state index contributed by atoms with van der Waals surface area (Å²) in [5, 5.41) is 29.8. The van der Waals surface area contributed by atoms with Crippen LogP contribution in [0.1, 0.15) is 68.8 Å². The molecule has 1 saturated carbocycles. The number of para-hydroxylation sites is 1. The van der Waals surface area contributed by atoms with Gasteiger partial charge in [-0.1, -0.05) is 37.3 Å². The summed E-state index contributed by atoms with van der Waals surface area (Å²) in [5.74, 6) is -8.44. The molecule has 4 N–H and O–H groups in total. The average molecular weight is 933 g/mol. The van der Waals surface area contributed by atoms with Gasteiger partial charge in [0, 0.05) is 109 Å². The number of alkyl halides is 2. The summed E-state index contributed by atoms with van der Waals surface area (Å²) < 4.78 is 54.3. The number of nitrogens with zero attached hydrogens (tertiary/aromatic N) is 3. The minimum atomic E-state index is -2.94. The van der Waals surface area contributed by atoms with E-state index in [2.05, 4.69) is 14.8 Å². The predicted molar refractivity (Wildman–Crippen MR) is 239 cm³/mol. The molecule has 6 heterocycles. The number of carbonyl (C=O) groups excluding carboxylic acids is 3. The molecule has 2 aromatic carbocycles. The number of nitrogens with one attached hydrogen (secondary N) is 1. The maximum absolute atomic E-state index is 15.3. The maximum atomic E-state index is 15.3. The molecule has 16 nitrogen and oxygen atoms in total. The number of hydrogen-bond donors (Lipinski definition) is 4. The van der Waals surface area contributed by atoms with Gasteiger partial charge in [0.15, 0.2) is 6.10 Å². The topological polar surface area (TPSA) is 208 Å². The third kappa shape index (κ3) is 7.11. The summed E-state index contributed by atoms with van der Waals surface area (Å²) in [6.45, 7) is 6.55. The van der Waals surface area contributed by atoms with Crippen LogP contribution in [0.15, 0.2) is 60.7 Å². The maximum Gasteiger partial charge on any atom is 0.344 e. The third-order valence-electron chi connectivity index (χ3n) is 15.6. The van der Waals surface area contributed by atoms with Gasteiger partial charge in [0.2, 0.25) is 11.5 Å². The van der Waals surface area contributed by atoms with Crippen molar-refractivity contribution in [3.8, 4) is 5.75 Å². The number of carbonyl (C=O) groups is 5. The van der Waals surface area contributed by atoms with E-state index in [9.17, 15) is 24.3 Å². The van der Waals surface area contributed by atoms with Crippen molar-refractivity contribution in [1.29, 1.82) is 0 Å². The quantitative estimate of drug-likeness (QED) is 0.0985. The molecule has 6 aliphatic rings. The van der Waals surface area contributed by atoms with Crippen LogP contribution in [-0.4, -0.2) is 144 Å². The van der Waals surface area contributed by atoms with Crippen LogP contribution in [-0.2, 0) is 55.6 Å². The van der Waals surface area contributed by atoms with E-state index in [-0.39, 0.29) is 31.3 Å². The summed E-state index contributed by atoms with van der Waals surface area (Å²) in [7, 11) is 5.94. The van der Waals surface area contributed by atoms with Gasteiger partial charge in [-0.15, -0.1) is 0 Å². The van der Waals surface area contributed by atoms with Crippen molar-refractivity contribution in [2.24, 2.45) is 17.3 Å². The Kier molecular flexibility index (Phi) is 12.1. The number of aliphatic carboxylic acids is 2. The molecule has 67 heavy (non-hydrogen) atoms. The first kappa shape index (κ1) is 47.6. The second-order valence-electron chi connectivity index (χ2n) is 19.0. The van der Waals surface area contributed by atoms with Crippen molar-refractivity contribution in [2.45, 2.75) is 93.5 Å². The molecule has 5 aliphatic heterocycles. The molecule has 18 heteroatoms. The molecule has 0 amide bonds. The lowest BCUT2D eigenvalue weighted by Crippen LogP contribution is -2.81. The number of ether oxygens (including phenoxy) is 4. The van der Waals surface area contributed by atoms with E-state index in [4.69, 9.17) is 29.2 Å². The van der Waals surface area contributed by atoms with Gasteiger partial charge in [-0.3, -0.25) is 19.4 Å². The number of methoxy groups -OCH3 is 3. The standard InChI is InChI=1S/C45H54F2N4O8.C4H4O4/c1-8-42-14-11-16-51-17-15-43(36(42)51)30-19-31(34(56-5)20-33(30)49(4)37(43)45(55,40(54)58-7)38(42)59-25(2)52)44(39(53)57-6)21-26-18-27(41(3,46)47)23-50(22-26)24-29-28-12-9-10-13-32(28)48-35(29)44;5-3(6)1-2-4(7)8/h9-14,19-20,26-27,36-38,48,55H,8,15-18,21-24H2,1-7H3;1-2H,(H,5,6)(H,7,8)/b;2-1+/t26-,27-,36+,37-,38-,42-,43-,44+,45+;/m1./s1. The Morgan fingerprint density at radius 2 is 1.66 bits per heavy atom. The normalized spacial score (nSPS) is 32.7. The zero-order chi connectivity index (χ0) is 48.6. The van der Waals surface area contributed by atoms with Crippen LogP contribution < -0.4 is 9.64 Å². The van der Waals surface area contributed by atoms with Crippen LogP contribution in [0.5, 0.6) is 5.75 Å². The van der Waals surface area contributed by atoms with Crippen LogP contribution in [0.2, 0.25) is 0 Å². The fourth-order valence-electron chi connectivity index (χ4n) is 13.4. The van der Waals surface area contributed by atoms with Gasteiger partial charge < -0.3 is 44.2 Å². The second kappa shape index (κ2) is 17.0. The molecule has 2 bridgehead atoms. The number of H-pyrrole nitrogens is 1. The molecule has 10 atom stereocenters. The molecule has 1 aromatic heterocycles. The summed E-state index contributed by atoms with van der Waals surface area (Å²) in [5.41, 5.74) is -1.64. The predicted octanol–water partition coefficient (Wildman–Crippen LogP) is 4.79. The van der Waals surface area contributed by atoms with E-state index < -0.39 is 75.7 Å². The van der Waals surface area contributed by atoms with Crippen molar-refractivity contribution in [2.75, 3.05) is 59.5 Å². The SMILES string of the molecule is CC[C@]12C=CCN3CC[C@@]4(c5cc([C@@]6(C(=O)OC)C[C@H]7C[C@@H](C(C)(F)F)CN(Cc8c6[nH]c6ccccc86)C7)c(OC)cc5N(C)[C@H]4[C@@](O)(C(=O)OC)[C@@H]1OC(C)=O)[C@@H]32.O=C(O)/C=C/C(=O)O. The Balaban J connectivity index is 0.000000698. The van der Waals surface area contributed by atoms with E-state index in [1.807, 2.05) is 67.4 Å². The van der Waals surface area contributed by atoms with Gasteiger partial charge >= 0.3 is 29.8 Å². The van der Waals surface area contributed by atoms with Crippen LogP contribution in [0.25, 0.3) is 10.9 Å². The van der Waals surface area contributed by atoms with Crippen LogP contribution in [0.3, 0.4) is 0 Å². The third-order valence-corrected chi connectivity index (χ3v) is 15.6. The number of carboxylic acid groups (broad SMARTS) is 2. The lowest BCUT2D eigenvalue weighted by Gasteiger charge is -2.63. The fourth-order valence-corrected chi connectivity index (χ4v) is 13.4.